The van der Waals surface area contributed by atoms with Gasteiger partial charge in [0.2, 0.25) is 0 Å². The lowest BCUT2D eigenvalue weighted by atomic mass is 10.0. The van der Waals surface area contributed by atoms with E-state index < -0.39 is 11.5 Å². The van der Waals surface area contributed by atoms with Crippen LogP contribution in [-0.2, 0) is 14.3 Å². The zero-order valence-corrected chi connectivity index (χ0v) is 9.50. The fourth-order valence-electron chi connectivity index (χ4n) is 0.925. The Morgan fingerprint density at radius 3 is 2.57 bits per heavy atom. The molecule has 0 fully saturated rings. The fraction of sp³-hybridized carbons (Fsp3) is 0.900. The van der Waals surface area contributed by atoms with Gasteiger partial charge in [0.05, 0.1) is 13.2 Å². The maximum atomic E-state index is 11.2. The summed E-state index contributed by atoms with van der Waals surface area (Å²) in [5, 5.41) is 0. The van der Waals surface area contributed by atoms with E-state index in [2.05, 4.69) is 4.74 Å². The van der Waals surface area contributed by atoms with Gasteiger partial charge in [0.1, 0.15) is 5.54 Å². The Morgan fingerprint density at radius 2 is 2.14 bits per heavy atom. The predicted molar refractivity (Wildman–Crippen MR) is 54.9 cm³/mol. The van der Waals surface area contributed by atoms with Gasteiger partial charge >= 0.3 is 5.97 Å². The number of ether oxygens (including phenoxy) is 2. The van der Waals surface area contributed by atoms with Gasteiger partial charge in [0.25, 0.3) is 0 Å². The molecule has 14 heavy (non-hydrogen) atoms. The molecule has 0 saturated heterocycles. The highest BCUT2D eigenvalue weighted by atomic mass is 16.5. The summed E-state index contributed by atoms with van der Waals surface area (Å²) in [6.45, 7) is 6.18. The Balaban J connectivity index is 3.82. The van der Waals surface area contributed by atoms with Crippen molar-refractivity contribution in [1.82, 2.24) is 0 Å². The van der Waals surface area contributed by atoms with Gasteiger partial charge < -0.3 is 15.2 Å². The van der Waals surface area contributed by atoms with Crippen LogP contribution in [0.25, 0.3) is 0 Å². The highest BCUT2D eigenvalue weighted by Gasteiger charge is 2.28. The first kappa shape index (κ1) is 13.4. The highest BCUT2D eigenvalue weighted by Crippen LogP contribution is 2.09. The molecule has 2 atom stereocenters. The minimum Gasteiger partial charge on any atom is -0.468 e. The highest BCUT2D eigenvalue weighted by molar-refractivity contribution is 5.79. The SMILES string of the molecule is CCC(C)OCCC(C)(N)C(=O)OC. The predicted octanol–water partition coefficient (Wildman–Crippen LogP) is 1.08. The third kappa shape index (κ3) is 4.58. The van der Waals surface area contributed by atoms with Crippen LogP contribution in [0.4, 0.5) is 0 Å². The van der Waals surface area contributed by atoms with Crippen molar-refractivity contribution in [3.8, 4) is 0 Å². The first-order valence-corrected chi connectivity index (χ1v) is 4.93. The number of hydrogen-bond acceptors (Lipinski definition) is 4. The molecular weight excluding hydrogens is 182 g/mol. The van der Waals surface area contributed by atoms with Gasteiger partial charge in [0, 0.05) is 6.61 Å². The maximum absolute atomic E-state index is 11.2. The molecule has 0 heterocycles. The normalized spacial score (nSPS) is 17.2. The Morgan fingerprint density at radius 1 is 1.57 bits per heavy atom. The van der Waals surface area contributed by atoms with Gasteiger partial charge in [-0.1, -0.05) is 6.92 Å². The van der Waals surface area contributed by atoms with Crippen LogP contribution in [0.15, 0.2) is 0 Å². The molecule has 4 heteroatoms. The van der Waals surface area contributed by atoms with E-state index in [-0.39, 0.29) is 6.10 Å². The summed E-state index contributed by atoms with van der Waals surface area (Å²) < 4.78 is 10.0. The zero-order valence-electron chi connectivity index (χ0n) is 9.50. The molecule has 0 aromatic heterocycles. The number of hydrogen-bond donors (Lipinski definition) is 1. The third-order valence-electron chi connectivity index (χ3n) is 2.25. The largest absolute Gasteiger partial charge is 0.468 e. The molecule has 0 aliphatic rings. The van der Waals surface area contributed by atoms with Gasteiger partial charge in [-0.25, -0.2) is 0 Å². The molecular formula is C10H21NO3. The van der Waals surface area contributed by atoms with Crippen LogP contribution in [0.2, 0.25) is 0 Å². The van der Waals surface area contributed by atoms with Crippen LogP contribution >= 0.6 is 0 Å². The van der Waals surface area contributed by atoms with E-state index >= 15 is 0 Å². The van der Waals surface area contributed by atoms with Gasteiger partial charge in [-0.2, -0.15) is 0 Å². The van der Waals surface area contributed by atoms with E-state index in [1.807, 2.05) is 13.8 Å². The Kier molecular flexibility index (Phi) is 5.72. The molecule has 0 aromatic carbocycles. The molecule has 0 amide bonds. The van der Waals surface area contributed by atoms with E-state index in [4.69, 9.17) is 10.5 Å². The van der Waals surface area contributed by atoms with Crippen LogP contribution in [0.5, 0.6) is 0 Å². The van der Waals surface area contributed by atoms with Gasteiger partial charge in [-0.3, -0.25) is 4.79 Å². The number of carbonyl (C=O) groups is 1. The summed E-state index contributed by atoms with van der Waals surface area (Å²) >= 11 is 0. The molecule has 4 nitrogen and oxygen atoms in total. The Bertz CT molecular complexity index is 180. The molecule has 84 valence electrons. The molecule has 0 radical (unpaired) electrons. The van der Waals surface area contributed by atoms with E-state index in [0.29, 0.717) is 13.0 Å². The van der Waals surface area contributed by atoms with Crippen LogP contribution < -0.4 is 5.73 Å². The smallest absolute Gasteiger partial charge is 0.325 e. The summed E-state index contributed by atoms with van der Waals surface area (Å²) in [7, 11) is 1.34. The minimum atomic E-state index is -0.942. The molecule has 2 N–H and O–H groups in total. The maximum Gasteiger partial charge on any atom is 0.325 e. The lowest BCUT2D eigenvalue weighted by molar-refractivity contribution is -0.147. The lowest BCUT2D eigenvalue weighted by Crippen LogP contribution is -2.46. The molecule has 2 unspecified atom stereocenters. The molecule has 0 aliphatic heterocycles. The van der Waals surface area contributed by atoms with Gasteiger partial charge in [0.15, 0.2) is 0 Å². The summed E-state index contributed by atoms with van der Waals surface area (Å²) in [5.41, 5.74) is 4.80. The first-order chi connectivity index (χ1) is 6.44. The average molecular weight is 203 g/mol. The summed E-state index contributed by atoms with van der Waals surface area (Å²) in [5.74, 6) is -0.398. The molecule has 0 spiro atoms. The molecule has 0 aromatic rings. The van der Waals surface area contributed by atoms with Crippen molar-refractivity contribution in [2.75, 3.05) is 13.7 Å². The Hall–Kier alpha value is -0.610. The van der Waals surface area contributed by atoms with Crippen LogP contribution in [0, 0.1) is 0 Å². The molecule has 0 aliphatic carbocycles. The first-order valence-electron chi connectivity index (χ1n) is 4.93. The van der Waals surface area contributed by atoms with Crippen molar-refractivity contribution >= 4 is 5.97 Å². The number of methoxy groups -OCH3 is 1. The van der Waals surface area contributed by atoms with Crippen LogP contribution in [0.1, 0.15) is 33.6 Å². The third-order valence-corrected chi connectivity index (χ3v) is 2.25. The zero-order chi connectivity index (χ0) is 11.2. The van der Waals surface area contributed by atoms with E-state index in [0.717, 1.165) is 6.42 Å². The van der Waals surface area contributed by atoms with Gasteiger partial charge in [-0.15, -0.1) is 0 Å². The van der Waals surface area contributed by atoms with Crippen LogP contribution in [-0.4, -0.2) is 31.3 Å². The molecule has 0 saturated carbocycles. The average Bonchev–Trinajstić information content (AvgIpc) is 2.15. The van der Waals surface area contributed by atoms with E-state index in [9.17, 15) is 4.79 Å². The quantitative estimate of drug-likeness (QED) is 0.656. The molecule has 0 bridgehead atoms. The summed E-state index contributed by atoms with van der Waals surface area (Å²) in [6, 6.07) is 0. The Labute approximate surface area is 85.8 Å². The summed E-state index contributed by atoms with van der Waals surface area (Å²) in [4.78, 5) is 11.2. The minimum absolute atomic E-state index is 0.212. The van der Waals surface area contributed by atoms with Crippen molar-refractivity contribution in [2.45, 2.75) is 45.3 Å². The van der Waals surface area contributed by atoms with Crippen molar-refractivity contribution < 1.29 is 14.3 Å². The number of esters is 1. The van der Waals surface area contributed by atoms with E-state index in [1.165, 1.54) is 7.11 Å². The molecule has 0 rings (SSSR count). The van der Waals surface area contributed by atoms with Crippen molar-refractivity contribution in [2.24, 2.45) is 5.73 Å². The van der Waals surface area contributed by atoms with Crippen LogP contribution in [0.3, 0.4) is 0 Å². The number of nitrogens with two attached hydrogens (primary N) is 1. The number of rotatable bonds is 6. The fourth-order valence-corrected chi connectivity index (χ4v) is 0.925. The van der Waals surface area contributed by atoms with E-state index in [1.54, 1.807) is 6.92 Å². The summed E-state index contributed by atoms with van der Waals surface area (Å²) in [6.07, 6.45) is 1.65. The monoisotopic (exact) mass is 203 g/mol. The second-order valence-corrected chi connectivity index (χ2v) is 3.75. The van der Waals surface area contributed by atoms with Gasteiger partial charge in [-0.05, 0) is 26.7 Å². The lowest BCUT2D eigenvalue weighted by Gasteiger charge is -2.22. The van der Waals surface area contributed by atoms with Crippen molar-refractivity contribution in [1.29, 1.82) is 0 Å². The number of carbonyl (C=O) groups excluding carboxylic acids is 1. The second kappa shape index (κ2) is 5.98. The second-order valence-electron chi connectivity index (χ2n) is 3.75. The van der Waals surface area contributed by atoms with Crippen molar-refractivity contribution in [3.05, 3.63) is 0 Å². The topological polar surface area (TPSA) is 61.5 Å². The van der Waals surface area contributed by atoms with Crippen molar-refractivity contribution in [3.63, 3.8) is 0 Å². The standard InChI is InChI=1S/C10H21NO3/c1-5-8(2)14-7-6-10(3,11)9(12)13-4/h8H,5-7,11H2,1-4H3.